The summed E-state index contributed by atoms with van der Waals surface area (Å²) in [5.74, 6) is 1.43. The molecule has 0 rings (SSSR count). The number of rotatable bonds is 7. The zero-order chi connectivity index (χ0) is 13.8. The highest BCUT2D eigenvalue weighted by Crippen LogP contribution is 2.20. The standard InChI is InChI=1S/C15H26.C2H4/c1-7-13(4)9-11-15(6)14(5)10-8-12(2)3;1-2/h8,10,13,15H,2,5,7,9,11H2,1,3-4,6H3;1-2H2/b10-8-;. The Labute approximate surface area is 109 Å². The quantitative estimate of drug-likeness (QED) is 0.378. The molecular formula is C17H30. The van der Waals surface area contributed by atoms with E-state index in [4.69, 9.17) is 0 Å². The van der Waals surface area contributed by atoms with Crippen molar-refractivity contribution in [3.8, 4) is 0 Å². The van der Waals surface area contributed by atoms with Crippen LogP contribution < -0.4 is 0 Å². The van der Waals surface area contributed by atoms with E-state index >= 15 is 0 Å². The third kappa shape index (κ3) is 11.2. The van der Waals surface area contributed by atoms with Gasteiger partial charge >= 0.3 is 0 Å². The highest BCUT2D eigenvalue weighted by Gasteiger charge is 2.06. The van der Waals surface area contributed by atoms with Gasteiger partial charge in [0, 0.05) is 0 Å². The first kappa shape index (κ1) is 18.3. The second kappa shape index (κ2) is 11.4. The van der Waals surface area contributed by atoms with Crippen LogP contribution >= 0.6 is 0 Å². The summed E-state index contributed by atoms with van der Waals surface area (Å²) in [6.07, 6.45) is 7.97. The van der Waals surface area contributed by atoms with Crippen LogP contribution in [0.15, 0.2) is 49.6 Å². The van der Waals surface area contributed by atoms with Crippen molar-refractivity contribution >= 4 is 0 Å². The summed E-state index contributed by atoms with van der Waals surface area (Å²) in [4.78, 5) is 0. The minimum Gasteiger partial charge on any atom is -0.106 e. The molecule has 0 N–H and O–H groups in total. The van der Waals surface area contributed by atoms with E-state index in [0.29, 0.717) is 5.92 Å². The highest BCUT2D eigenvalue weighted by atomic mass is 14.1. The first-order valence-corrected chi connectivity index (χ1v) is 6.49. The zero-order valence-corrected chi connectivity index (χ0v) is 12.3. The Morgan fingerprint density at radius 2 is 1.59 bits per heavy atom. The molecule has 0 spiro atoms. The van der Waals surface area contributed by atoms with Crippen LogP contribution in [0.4, 0.5) is 0 Å². The lowest BCUT2D eigenvalue weighted by Gasteiger charge is -2.14. The third-order valence-electron chi connectivity index (χ3n) is 3.00. The fourth-order valence-corrected chi connectivity index (χ4v) is 1.34. The molecule has 0 aromatic rings. The summed E-state index contributed by atoms with van der Waals surface area (Å²) in [5.41, 5.74) is 2.31. The Morgan fingerprint density at radius 1 is 1.06 bits per heavy atom. The van der Waals surface area contributed by atoms with E-state index < -0.39 is 0 Å². The molecule has 0 aliphatic heterocycles. The monoisotopic (exact) mass is 234 g/mol. The second-order valence-corrected chi connectivity index (χ2v) is 4.75. The van der Waals surface area contributed by atoms with Crippen molar-refractivity contribution < 1.29 is 0 Å². The average Bonchev–Trinajstić information content (AvgIpc) is 2.34. The van der Waals surface area contributed by atoms with Crippen molar-refractivity contribution in [2.24, 2.45) is 11.8 Å². The van der Waals surface area contributed by atoms with Crippen molar-refractivity contribution in [1.82, 2.24) is 0 Å². The molecule has 0 heteroatoms. The Kier molecular flexibility index (Phi) is 12.3. The van der Waals surface area contributed by atoms with Gasteiger partial charge in [-0.15, -0.1) is 13.2 Å². The van der Waals surface area contributed by atoms with E-state index in [2.05, 4.69) is 53.2 Å². The highest BCUT2D eigenvalue weighted by molar-refractivity contribution is 5.24. The lowest BCUT2D eigenvalue weighted by Crippen LogP contribution is -2.00. The molecule has 0 aromatic heterocycles. The van der Waals surface area contributed by atoms with E-state index in [-0.39, 0.29) is 0 Å². The SMILES string of the molecule is C=C.C=C(C)/C=C\C(=C)C(C)CCC(C)CC. The molecule has 0 radical (unpaired) electrons. The van der Waals surface area contributed by atoms with E-state index in [1.54, 1.807) is 0 Å². The van der Waals surface area contributed by atoms with Crippen molar-refractivity contribution in [3.63, 3.8) is 0 Å². The van der Waals surface area contributed by atoms with Gasteiger partial charge in [0.05, 0.1) is 0 Å². The van der Waals surface area contributed by atoms with Crippen molar-refractivity contribution in [3.05, 3.63) is 49.6 Å². The summed E-state index contributed by atoms with van der Waals surface area (Å²) in [6.45, 7) is 22.8. The molecular weight excluding hydrogens is 204 g/mol. The number of hydrogen-bond donors (Lipinski definition) is 0. The van der Waals surface area contributed by atoms with Crippen LogP contribution in [0.25, 0.3) is 0 Å². The summed E-state index contributed by atoms with van der Waals surface area (Å²) in [5, 5.41) is 0. The minimum atomic E-state index is 0.592. The van der Waals surface area contributed by atoms with Gasteiger partial charge in [0.15, 0.2) is 0 Å². The molecule has 0 amide bonds. The largest absolute Gasteiger partial charge is 0.106 e. The molecule has 2 atom stereocenters. The first-order valence-electron chi connectivity index (χ1n) is 6.49. The predicted molar refractivity (Wildman–Crippen MR) is 82.2 cm³/mol. The van der Waals surface area contributed by atoms with Crippen LogP contribution in [0.2, 0.25) is 0 Å². The van der Waals surface area contributed by atoms with Gasteiger partial charge in [-0.1, -0.05) is 70.1 Å². The second-order valence-electron chi connectivity index (χ2n) is 4.75. The van der Waals surface area contributed by atoms with Crippen LogP contribution in [0.5, 0.6) is 0 Å². The zero-order valence-electron chi connectivity index (χ0n) is 12.3. The molecule has 0 aliphatic rings. The van der Waals surface area contributed by atoms with Gasteiger partial charge in [0.25, 0.3) is 0 Å². The van der Waals surface area contributed by atoms with E-state index in [9.17, 15) is 0 Å². The van der Waals surface area contributed by atoms with E-state index in [0.717, 1.165) is 11.5 Å². The van der Waals surface area contributed by atoms with Crippen LogP contribution in [-0.2, 0) is 0 Å². The van der Waals surface area contributed by atoms with Crippen molar-refractivity contribution in [2.75, 3.05) is 0 Å². The number of allylic oxidation sites excluding steroid dienone is 4. The smallest absolute Gasteiger partial charge is 0.0196 e. The lowest BCUT2D eigenvalue weighted by molar-refractivity contribution is 0.454. The molecule has 0 bridgehead atoms. The van der Waals surface area contributed by atoms with Crippen molar-refractivity contribution in [2.45, 2.75) is 47.0 Å². The summed E-state index contributed by atoms with van der Waals surface area (Å²) >= 11 is 0. The Bertz CT molecular complexity index is 245. The summed E-state index contributed by atoms with van der Waals surface area (Å²) in [7, 11) is 0. The molecule has 0 saturated carbocycles. The van der Waals surface area contributed by atoms with Gasteiger partial charge in [0.1, 0.15) is 0 Å². The lowest BCUT2D eigenvalue weighted by atomic mass is 9.91. The minimum absolute atomic E-state index is 0.592. The molecule has 0 aromatic carbocycles. The normalized spacial score (nSPS) is 13.6. The Balaban J connectivity index is 0. The summed E-state index contributed by atoms with van der Waals surface area (Å²) in [6, 6.07) is 0. The maximum atomic E-state index is 4.10. The van der Waals surface area contributed by atoms with Crippen LogP contribution in [0, 0.1) is 11.8 Å². The summed E-state index contributed by atoms with van der Waals surface area (Å²) < 4.78 is 0. The number of hydrogen-bond acceptors (Lipinski definition) is 0. The van der Waals surface area contributed by atoms with Gasteiger partial charge < -0.3 is 0 Å². The molecule has 0 fully saturated rings. The van der Waals surface area contributed by atoms with Crippen LogP contribution in [0.1, 0.15) is 47.0 Å². The Hall–Kier alpha value is -1.04. The molecule has 98 valence electrons. The van der Waals surface area contributed by atoms with Crippen LogP contribution in [0.3, 0.4) is 0 Å². The fourth-order valence-electron chi connectivity index (χ4n) is 1.34. The average molecular weight is 234 g/mol. The molecule has 0 nitrogen and oxygen atoms in total. The van der Waals surface area contributed by atoms with E-state index in [1.807, 2.05) is 13.0 Å². The molecule has 17 heavy (non-hydrogen) atoms. The first-order chi connectivity index (χ1) is 7.97. The molecule has 2 unspecified atom stereocenters. The van der Waals surface area contributed by atoms with Crippen LogP contribution in [-0.4, -0.2) is 0 Å². The topological polar surface area (TPSA) is 0 Å². The molecule has 0 saturated heterocycles. The van der Waals surface area contributed by atoms with Gasteiger partial charge in [0.2, 0.25) is 0 Å². The van der Waals surface area contributed by atoms with E-state index in [1.165, 1.54) is 24.8 Å². The third-order valence-corrected chi connectivity index (χ3v) is 3.00. The van der Waals surface area contributed by atoms with Gasteiger partial charge in [-0.05, 0) is 25.2 Å². The Morgan fingerprint density at radius 3 is 2.00 bits per heavy atom. The molecule has 0 aliphatic carbocycles. The maximum Gasteiger partial charge on any atom is -0.0196 e. The van der Waals surface area contributed by atoms with Gasteiger partial charge in [-0.25, -0.2) is 0 Å². The fraction of sp³-hybridized carbons (Fsp3) is 0.529. The maximum absolute atomic E-state index is 4.10. The van der Waals surface area contributed by atoms with Gasteiger partial charge in [-0.2, -0.15) is 0 Å². The van der Waals surface area contributed by atoms with Crippen molar-refractivity contribution in [1.29, 1.82) is 0 Å². The molecule has 0 heterocycles. The predicted octanol–water partition coefficient (Wildman–Crippen LogP) is 5.94. The van der Waals surface area contributed by atoms with Gasteiger partial charge in [-0.3, -0.25) is 0 Å².